The fraction of sp³-hybridized carbons (Fsp3) is 0.583. The molecule has 3 N–H and O–H groups in total. The minimum atomic E-state index is 0.248. The van der Waals surface area contributed by atoms with E-state index in [0.717, 1.165) is 17.2 Å². The number of amidine groups is 1. The third-order valence-corrected chi connectivity index (χ3v) is 3.20. The molecular weight excluding hydrogens is 230 g/mol. The summed E-state index contributed by atoms with van der Waals surface area (Å²) in [7, 11) is 0. The van der Waals surface area contributed by atoms with Crippen LogP contribution in [0.15, 0.2) is 11.4 Å². The van der Waals surface area contributed by atoms with Gasteiger partial charge in [-0.25, -0.2) is 4.98 Å². The Hall–Kier alpha value is -1.85. The molecule has 2 rings (SSSR count). The molecule has 0 amide bonds. The topological polar surface area (TPSA) is 87.6 Å². The lowest BCUT2D eigenvalue weighted by Crippen LogP contribution is -2.31. The molecule has 1 saturated carbocycles. The molecule has 0 unspecified atom stereocenters. The third-order valence-electron chi connectivity index (χ3n) is 3.20. The monoisotopic (exact) mass is 249 g/mol. The number of oxime groups is 1. The van der Waals surface area contributed by atoms with Crippen LogP contribution in [0.2, 0.25) is 0 Å². The molecule has 1 aliphatic carbocycles. The lowest BCUT2D eigenvalue weighted by molar-refractivity contribution is 0.317. The van der Waals surface area contributed by atoms with E-state index in [0.29, 0.717) is 19.0 Å². The van der Waals surface area contributed by atoms with Crippen molar-refractivity contribution in [1.29, 1.82) is 0 Å². The fourth-order valence-corrected chi connectivity index (χ4v) is 1.82. The van der Waals surface area contributed by atoms with Crippen molar-refractivity contribution in [1.82, 2.24) is 9.97 Å². The van der Waals surface area contributed by atoms with Gasteiger partial charge in [0.05, 0.1) is 17.6 Å². The van der Waals surface area contributed by atoms with Gasteiger partial charge >= 0.3 is 0 Å². The highest BCUT2D eigenvalue weighted by molar-refractivity contribution is 5.80. The van der Waals surface area contributed by atoms with Crippen LogP contribution in [0.3, 0.4) is 0 Å². The molecule has 98 valence electrons. The van der Waals surface area contributed by atoms with Crippen molar-refractivity contribution in [3.8, 4) is 0 Å². The van der Waals surface area contributed by atoms with E-state index in [9.17, 15) is 0 Å². The number of nitrogens with zero attached hydrogens (tertiary/aromatic N) is 4. The first-order valence-corrected chi connectivity index (χ1v) is 6.15. The normalized spacial score (nSPS) is 15.8. The average molecular weight is 249 g/mol. The summed E-state index contributed by atoms with van der Waals surface area (Å²) in [5.74, 6) is 1.13. The van der Waals surface area contributed by atoms with Crippen molar-refractivity contribution in [3.63, 3.8) is 0 Å². The van der Waals surface area contributed by atoms with Crippen molar-refractivity contribution in [2.75, 3.05) is 11.4 Å². The van der Waals surface area contributed by atoms with Crippen LogP contribution in [-0.2, 0) is 0 Å². The average Bonchev–Trinajstić information content (AvgIpc) is 3.18. The summed E-state index contributed by atoms with van der Waals surface area (Å²) in [5, 5.41) is 11.6. The summed E-state index contributed by atoms with van der Waals surface area (Å²) in [6, 6.07) is 0.521. The maximum atomic E-state index is 8.57. The molecule has 0 radical (unpaired) electrons. The van der Waals surface area contributed by atoms with Crippen LogP contribution in [0.25, 0.3) is 0 Å². The van der Waals surface area contributed by atoms with Gasteiger partial charge in [-0.15, -0.1) is 0 Å². The Morgan fingerprint density at radius 3 is 2.78 bits per heavy atom. The smallest absolute Gasteiger partial charge is 0.147 e. The summed E-state index contributed by atoms with van der Waals surface area (Å²) in [6.07, 6.45) is 4.67. The van der Waals surface area contributed by atoms with Crippen molar-refractivity contribution in [2.45, 2.75) is 39.2 Å². The second-order valence-electron chi connectivity index (χ2n) is 4.66. The fourth-order valence-electron chi connectivity index (χ4n) is 1.82. The molecule has 1 aromatic heterocycles. The van der Waals surface area contributed by atoms with E-state index in [1.54, 1.807) is 6.20 Å². The number of aryl methyl sites for hydroxylation is 2. The highest BCUT2D eigenvalue weighted by Gasteiger charge is 2.30. The van der Waals surface area contributed by atoms with E-state index in [1.165, 1.54) is 12.8 Å². The lowest BCUT2D eigenvalue weighted by atomic mass is 10.3. The predicted octanol–water partition coefficient (Wildman–Crippen LogP) is 1.20. The van der Waals surface area contributed by atoms with Gasteiger partial charge in [0.25, 0.3) is 0 Å². The molecule has 0 aliphatic heterocycles. The zero-order valence-electron chi connectivity index (χ0n) is 10.8. The standard InChI is InChI=1S/C12H19N5O/c1-8-9(2)15-12(7-14-8)17(10-3-4-10)6-5-11(13)16-18/h7,10,18H,3-6H2,1-2H3,(H2,13,16). The Labute approximate surface area is 107 Å². The van der Waals surface area contributed by atoms with Crippen molar-refractivity contribution in [2.24, 2.45) is 10.9 Å². The van der Waals surface area contributed by atoms with Gasteiger partial charge in [-0.3, -0.25) is 4.98 Å². The van der Waals surface area contributed by atoms with Gasteiger partial charge in [0.2, 0.25) is 0 Å². The quantitative estimate of drug-likeness (QED) is 0.354. The molecule has 0 spiro atoms. The molecule has 6 nitrogen and oxygen atoms in total. The van der Waals surface area contributed by atoms with Gasteiger partial charge < -0.3 is 15.8 Å². The zero-order valence-corrected chi connectivity index (χ0v) is 10.8. The van der Waals surface area contributed by atoms with E-state index in [1.807, 2.05) is 13.8 Å². The maximum absolute atomic E-state index is 8.57. The number of aromatic nitrogens is 2. The minimum absolute atomic E-state index is 0.248. The Kier molecular flexibility index (Phi) is 3.64. The molecule has 0 aromatic carbocycles. The second kappa shape index (κ2) is 5.20. The predicted molar refractivity (Wildman–Crippen MR) is 69.9 cm³/mol. The molecule has 1 aromatic rings. The highest BCUT2D eigenvalue weighted by atomic mass is 16.4. The first-order chi connectivity index (χ1) is 8.61. The van der Waals surface area contributed by atoms with Crippen molar-refractivity contribution in [3.05, 3.63) is 17.6 Å². The second-order valence-corrected chi connectivity index (χ2v) is 4.66. The SMILES string of the molecule is Cc1ncc(N(CCC(N)=NO)C2CC2)nc1C. The molecule has 0 bridgehead atoms. The van der Waals surface area contributed by atoms with Crippen LogP contribution in [0.5, 0.6) is 0 Å². The first kappa shape index (κ1) is 12.6. The van der Waals surface area contributed by atoms with E-state index < -0.39 is 0 Å². The highest BCUT2D eigenvalue weighted by Crippen LogP contribution is 2.30. The third kappa shape index (κ3) is 2.88. The van der Waals surface area contributed by atoms with Crippen LogP contribution in [0, 0.1) is 13.8 Å². The van der Waals surface area contributed by atoms with E-state index in [2.05, 4.69) is 20.0 Å². The van der Waals surface area contributed by atoms with Gasteiger partial charge in [-0.05, 0) is 26.7 Å². The summed E-state index contributed by atoms with van der Waals surface area (Å²) >= 11 is 0. The Morgan fingerprint density at radius 1 is 1.50 bits per heavy atom. The molecule has 1 aliphatic rings. The first-order valence-electron chi connectivity index (χ1n) is 6.15. The summed E-state index contributed by atoms with van der Waals surface area (Å²) in [6.45, 7) is 4.61. The van der Waals surface area contributed by atoms with Gasteiger partial charge in [0.1, 0.15) is 11.7 Å². The number of hydrogen-bond donors (Lipinski definition) is 2. The van der Waals surface area contributed by atoms with Gasteiger partial charge in [-0.2, -0.15) is 0 Å². The molecule has 6 heteroatoms. The summed E-state index contributed by atoms with van der Waals surface area (Å²) < 4.78 is 0. The minimum Gasteiger partial charge on any atom is -0.409 e. The largest absolute Gasteiger partial charge is 0.409 e. The van der Waals surface area contributed by atoms with Crippen LogP contribution in [0.1, 0.15) is 30.7 Å². The van der Waals surface area contributed by atoms with Gasteiger partial charge in [0, 0.05) is 19.0 Å². The Balaban J connectivity index is 2.11. The van der Waals surface area contributed by atoms with Crippen molar-refractivity contribution < 1.29 is 5.21 Å². The summed E-state index contributed by atoms with van der Waals surface area (Å²) in [5.41, 5.74) is 7.41. The Bertz CT molecular complexity index is 456. The number of nitrogens with two attached hydrogens (primary N) is 1. The van der Waals surface area contributed by atoms with Crippen LogP contribution >= 0.6 is 0 Å². The van der Waals surface area contributed by atoms with Crippen LogP contribution in [-0.4, -0.2) is 33.6 Å². The van der Waals surface area contributed by atoms with E-state index >= 15 is 0 Å². The number of hydrogen-bond acceptors (Lipinski definition) is 5. The lowest BCUT2D eigenvalue weighted by Gasteiger charge is -2.23. The molecule has 0 saturated heterocycles. The van der Waals surface area contributed by atoms with Gasteiger partial charge in [-0.1, -0.05) is 5.16 Å². The van der Waals surface area contributed by atoms with Crippen LogP contribution in [0.4, 0.5) is 5.82 Å². The summed E-state index contributed by atoms with van der Waals surface area (Å²) in [4.78, 5) is 11.1. The van der Waals surface area contributed by atoms with E-state index in [-0.39, 0.29) is 5.84 Å². The number of anilines is 1. The van der Waals surface area contributed by atoms with Crippen LogP contribution < -0.4 is 10.6 Å². The van der Waals surface area contributed by atoms with Gasteiger partial charge in [0.15, 0.2) is 0 Å². The molecule has 1 fully saturated rings. The zero-order chi connectivity index (χ0) is 13.1. The molecule has 18 heavy (non-hydrogen) atoms. The molecular formula is C12H19N5O. The number of rotatable bonds is 5. The van der Waals surface area contributed by atoms with E-state index in [4.69, 9.17) is 10.9 Å². The molecule has 0 atom stereocenters. The van der Waals surface area contributed by atoms with Crippen molar-refractivity contribution >= 4 is 11.7 Å². The Morgan fingerprint density at radius 2 is 2.22 bits per heavy atom. The maximum Gasteiger partial charge on any atom is 0.147 e. The molecule has 1 heterocycles.